The number of aromatic nitrogens is 1. The molecular formula is C14H11N3O3. The molecule has 3 rings (SSSR count). The maximum atomic E-state index is 11.8. The minimum absolute atomic E-state index is 0.267. The second kappa shape index (κ2) is 4.73. The van der Waals surface area contributed by atoms with Crippen LogP contribution in [0.15, 0.2) is 30.6 Å². The Balaban J connectivity index is 2.03. The number of urea groups is 1. The quantitative estimate of drug-likeness (QED) is 0.838. The molecule has 0 aliphatic carbocycles. The number of carbonyl (C=O) groups is 3. The fourth-order valence-electron chi connectivity index (χ4n) is 2.26. The molecule has 6 heteroatoms. The van der Waals surface area contributed by atoms with Gasteiger partial charge >= 0.3 is 6.03 Å². The first-order valence-corrected chi connectivity index (χ1v) is 6.13. The lowest BCUT2D eigenvalue weighted by Crippen LogP contribution is -2.49. The lowest BCUT2D eigenvalue weighted by Gasteiger charge is -2.26. The van der Waals surface area contributed by atoms with Crippen molar-refractivity contribution in [2.45, 2.75) is 6.42 Å². The largest absolute Gasteiger partial charge is 0.328 e. The van der Waals surface area contributed by atoms with Crippen LogP contribution in [0.1, 0.15) is 16.8 Å². The van der Waals surface area contributed by atoms with Crippen LogP contribution in [0.2, 0.25) is 0 Å². The molecule has 0 unspecified atom stereocenters. The highest BCUT2D eigenvalue weighted by Crippen LogP contribution is 2.24. The Morgan fingerprint density at radius 2 is 2.10 bits per heavy atom. The van der Waals surface area contributed by atoms with Gasteiger partial charge in [0, 0.05) is 42.0 Å². The van der Waals surface area contributed by atoms with E-state index in [9.17, 15) is 14.4 Å². The molecule has 100 valence electrons. The lowest BCUT2D eigenvalue weighted by molar-refractivity contribution is -0.120. The normalized spacial score (nSPS) is 15.3. The summed E-state index contributed by atoms with van der Waals surface area (Å²) >= 11 is 0. The maximum absolute atomic E-state index is 11.8. The zero-order valence-corrected chi connectivity index (χ0v) is 10.5. The van der Waals surface area contributed by atoms with E-state index in [0.717, 1.165) is 17.1 Å². The van der Waals surface area contributed by atoms with E-state index in [1.807, 2.05) is 0 Å². The van der Waals surface area contributed by atoms with Gasteiger partial charge in [-0.05, 0) is 17.5 Å². The van der Waals surface area contributed by atoms with Crippen LogP contribution in [0, 0.1) is 0 Å². The van der Waals surface area contributed by atoms with Crippen molar-refractivity contribution < 1.29 is 14.4 Å². The standard InChI is InChI=1S/C14H11N3O3/c18-8-10-7-15-6-9-5-11(1-2-12(9)10)17-4-3-13(19)16-14(17)20/h1-2,5-8H,3-4H2,(H,16,19,20). The first kappa shape index (κ1) is 12.3. The number of aldehydes is 1. The van der Waals surface area contributed by atoms with Crippen LogP contribution in [0.25, 0.3) is 10.8 Å². The zero-order valence-electron chi connectivity index (χ0n) is 10.5. The maximum Gasteiger partial charge on any atom is 0.328 e. The van der Waals surface area contributed by atoms with Gasteiger partial charge in [-0.3, -0.25) is 24.8 Å². The van der Waals surface area contributed by atoms with Gasteiger partial charge in [-0.25, -0.2) is 4.79 Å². The van der Waals surface area contributed by atoms with Crippen LogP contribution in [0.3, 0.4) is 0 Å². The third-order valence-corrected chi connectivity index (χ3v) is 3.27. The highest BCUT2D eigenvalue weighted by Gasteiger charge is 2.24. The Kier molecular flexibility index (Phi) is 2.90. The van der Waals surface area contributed by atoms with Gasteiger partial charge in [0.25, 0.3) is 0 Å². The number of amides is 3. The van der Waals surface area contributed by atoms with Crippen LogP contribution in [-0.2, 0) is 4.79 Å². The Morgan fingerprint density at radius 1 is 1.25 bits per heavy atom. The molecule has 1 aliphatic rings. The number of fused-ring (bicyclic) bond motifs is 1. The number of anilines is 1. The number of benzene rings is 1. The Morgan fingerprint density at radius 3 is 2.85 bits per heavy atom. The summed E-state index contributed by atoms with van der Waals surface area (Å²) in [4.78, 5) is 39.4. The van der Waals surface area contributed by atoms with E-state index in [4.69, 9.17) is 0 Å². The molecule has 2 heterocycles. The van der Waals surface area contributed by atoms with Crippen LogP contribution < -0.4 is 10.2 Å². The van der Waals surface area contributed by atoms with E-state index < -0.39 is 6.03 Å². The Hall–Kier alpha value is -2.76. The second-order valence-corrected chi connectivity index (χ2v) is 4.51. The van der Waals surface area contributed by atoms with E-state index in [1.165, 1.54) is 11.1 Å². The molecule has 1 saturated heterocycles. The molecule has 3 amide bonds. The van der Waals surface area contributed by atoms with Crippen molar-refractivity contribution in [3.05, 3.63) is 36.2 Å². The molecule has 1 N–H and O–H groups in total. The molecule has 2 aromatic rings. The highest BCUT2D eigenvalue weighted by atomic mass is 16.2. The van der Waals surface area contributed by atoms with Crippen molar-refractivity contribution >= 4 is 34.7 Å². The topological polar surface area (TPSA) is 79.4 Å². The van der Waals surface area contributed by atoms with Gasteiger partial charge in [0.1, 0.15) is 0 Å². The Bertz CT molecular complexity index is 727. The van der Waals surface area contributed by atoms with Crippen LogP contribution in [0.4, 0.5) is 10.5 Å². The fraction of sp³-hybridized carbons (Fsp3) is 0.143. The minimum Gasteiger partial charge on any atom is -0.298 e. The molecule has 1 fully saturated rings. The molecule has 0 spiro atoms. The number of hydrogen-bond acceptors (Lipinski definition) is 4. The SMILES string of the molecule is O=Cc1cncc2cc(N3CCC(=O)NC3=O)ccc12. The molecule has 0 radical (unpaired) electrons. The van der Waals surface area contributed by atoms with Crippen molar-refractivity contribution in [2.75, 3.05) is 11.4 Å². The van der Waals surface area contributed by atoms with Crippen LogP contribution in [0.5, 0.6) is 0 Å². The summed E-state index contributed by atoms with van der Waals surface area (Å²) in [7, 11) is 0. The molecule has 0 saturated carbocycles. The summed E-state index contributed by atoms with van der Waals surface area (Å²) in [5, 5.41) is 3.83. The molecular weight excluding hydrogens is 258 g/mol. The molecule has 1 aromatic heterocycles. The number of carbonyl (C=O) groups excluding carboxylic acids is 3. The van der Waals surface area contributed by atoms with Gasteiger partial charge in [0.2, 0.25) is 5.91 Å². The first-order chi connectivity index (χ1) is 9.69. The van der Waals surface area contributed by atoms with E-state index in [2.05, 4.69) is 10.3 Å². The van der Waals surface area contributed by atoms with E-state index >= 15 is 0 Å². The molecule has 1 aliphatic heterocycles. The van der Waals surface area contributed by atoms with E-state index in [1.54, 1.807) is 24.4 Å². The molecule has 0 atom stereocenters. The smallest absolute Gasteiger partial charge is 0.298 e. The number of pyridine rings is 1. The summed E-state index contributed by atoms with van der Waals surface area (Å²) in [6.07, 6.45) is 4.16. The lowest BCUT2D eigenvalue weighted by atomic mass is 10.1. The second-order valence-electron chi connectivity index (χ2n) is 4.51. The van der Waals surface area contributed by atoms with Gasteiger partial charge in [0.15, 0.2) is 6.29 Å². The van der Waals surface area contributed by atoms with Gasteiger partial charge in [0.05, 0.1) is 0 Å². The first-order valence-electron chi connectivity index (χ1n) is 6.13. The van der Waals surface area contributed by atoms with Gasteiger partial charge in [-0.15, -0.1) is 0 Å². The fourth-order valence-corrected chi connectivity index (χ4v) is 2.26. The van der Waals surface area contributed by atoms with E-state index in [-0.39, 0.29) is 12.3 Å². The summed E-state index contributed by atoms with van der Waals surface area (Å²) in [6.45, 7) is 0.344. The van der Waals surface area contributed by atoms with Crippen LogP contribution in [-0.4, -0.2) is 29.8 Å². The number of hydrogen-bond donors (Lipinski definition) is 1. The van der Waals surface area contributed by atoms with E-state index in [0.29, 0.717) is 17.8 Å². The zero-order chi connectivity index (χ0) is 14.1. The average molecular weight is 269 g/mol. The summed E-state index contributed by atoms with van der Waals surface area (Å²) in [5.74, 6) is -0.267. The van der Waals surface area contributed by atoms with Gasteiger partial charge in [-0.2, -0.15) is 0 Å². The number of nitrogens with zero attached hydrogens (tertiary/aromatic N) is 2. The predicted molar refractivity (Wildman–Crippen MR) is 72.6 cm³/mol. The number of rotatable bonds is 2. The van der Waals surface area contributed by atoms with Gasteiger partial charge < -0.3 is 0 Å². The molecule has 20 heavy (non-hydrogen) atoms. The van der Waals surface area contributed by atoms with Gasteiger partial charge in [-0.1, -0.05) is 6.07 Å². The third kappa shape index (κ3) is 2.01. The molecule has 6 nitrogen and oxygen atoms in total. The minimum atomic E-state index is -0.430. The monoisotopic (exact) mass is 269 g/mol. The predicted octanol–water partition coefficient (Wildman–Crippen LogP) is 1.49. The number of imide groups is 1. The average Bonchev–Trinajstić information content (AvgIpc) is 2.46. The van der Waals surface area contributed by atoms with Crippen molar-refractivity contribution in [3.8, 4) is 0 Å². The summed E-state index contributed by atoms with van der Waals surface area (Å²) in [5.41, 5.74) is 1.18. The van der Waals surface area contributed by atoms with Crippen molar-refractivity contribution in [1.29, 1.82) is 0 Å². The molecule has 1 aromatic carbocycles. The summed E-state index contributed by atoms with van der Waals surface area (Å²) < 4.78 is 0. The Labute approximate surface area is 114 Å². The third-order valence-electron chi connectivity index (χ3n) is 3.27. The van der Waals surface area contributed by atoms with Crippen LogP contribution >= 0.6 is 0 Å². The van der Waals surface area contributed by atoms with Crippen molar-refractivity contribution in [1.82, 2.24) is 10.3 Å². The number of nitrogens with one attached hydrogen (secondary N) is 1. The van der Waals surface area contributed by atoms with Crippen molar-refractivity contribution in [2.24, 2.45) is 0 Å². The summed E-state index contributed by atoms with van der Waals surface area (Å²) in [6, 6.07) is 4.88. The molecule has 0 bridgehead atoms. The highest BCUT2D eigenvalue weighted by molar-refractivity contribution is 6.07. The van der Waals surface area contributed by atoms with Crippen molar-refractivity contribution in [3.63, 3.8) is 0 Å².